The van der Waals surface area contributed by atoms with Crippen LogP contribution in [0.4, 0.5) is 0 Å². The van der Waals surface area contributed by atoms with E-state index in [9.17, 15) is 9.90 Å². The van der Waals surface area contributed by atoms with Gasteiger partial charge < -0.3 is 15.5 Å². The lowest BCUT2D eigenvalue weighted by molar-refractivity contribution is 0.00320. The summed E-state index contributed by atoms with van der Waals surface area (Å²) in [5.74, 6) is -0.233. The molecule has 0 spiro atoms. The fourth-order valence-corrected chi connectivity index (χ4v) is 2.18. The van der Waals surface area contributed by atoms with Crippen LogP contribution in [0.2, 0.25) is 0 Å². The number of carbonyl (C=O) groups excluding carboxylic acids is 1. The molecule has 0 bridgehead atoms. The van der Waals surface area contributed by atoms with Gasteiger partial charge in [-0.3, -0.25) is 4.79 Å². The lowest BCUT2D eigenvalue weighted by Crippen LogP contribution is -2.43. The second kappa shape index (κ2) is 5.24. The molecule has 1 rings (SSSR count). The molecule has 3 N–H and O–H groups in total. The Kier molecular flexibility index (Phi) is 4.50. The minimum Gasteiger partial charge on any atom is -0.393 e. The van der Waals surface area contributed by atoms with Gasteiger partial charge in [-0.05, 0) is 35.6 Å². The van der Waals surface area contributed by atoms with E-state index in [2.05, 4.69) is 27.9 Å². The van der Waals surface area contributed by atoms with Crippen molar-refractivity contribution in [2.45, 2.75) is 12.5 Å². The molecule has 1 amide bonds. The molecule has 1 heterocycles. The summed E-state index contributed by atoms with van der Waals surface area (Å²) in [5, 5.41) is 22.6. The average Bonchev–Trinajstić information content (AvgIpc) is 2.61. The molecule has 84 valence electrons. The minimum absolute atomic E-state index is 0.0365. The minimum atomic E-state index is -1.27. The maximum Gasteiger partial charge on any atom is 0.252 e. The summed E-state index contributed by atoms with van der Waals surface area (Å²) in [7, 11) is 0. The van der Waals surface area contributed by atoms with Crippen LogP contribution in [0.1, 0.15) is 17.3 Å². The highest BCUT2D eigenvalue weighted by Crippen LogP contribution is 2.16. The number of hydrogen-bond acceptors (Lipinski definition) is 4. The number of aliphatic hydroxyl groups excluding tert-OH is 1. The summed E-state index contributed by atoms with van der Waals surface area (Å²) in [6.07, 6.45) is 0. The zero-order chi connectivity index (χ0) is 11.5. The summed E-state index contributed by atoms with van der Waals surface area (Å²) >= 11 is 3.62. The third-order valence-electron chi connectivity index (χ3n) is 1.80. The van der Waals surface area contributed by atoms with Crippen LogP contribution in [0.5, 0.6) is 0 Å². The molecule has 0 aromatic carbocycles. The first-order chi connectivity index (χ1) is 6.94. The van der Waals surface area contributed by atoms with Crippen LogP contribution < -0.4 is 5.32 Å². The van der Waals surface area contributed by atoms with Gasteiger partial charge in [-0.25, -0.2) is 0 Å². The fraction of sp³-hybridized carbons (Fsp3) is 0.444. The average molecular weight is 341 g/mol. The fourth-order valence-electron chi connectivity index (χ4n) is 0.858. The van der Waals surface area contributed by atoms with E-state index in [4.69, 9.17) is 5.11 Å². The van der Waals surface area contributed by atoms with Crippen molar-refractivity contribution in [3.05, 3.63) is 19.9 Å². The zero-order valence-corrected chi connectivity index (χ0v) is 11.1. The molecule has 4 nitrogen and oxygen atoms in total. The number of hydrogen-bond donors (Lipinski definition) is 3. The molecule has 0 aliphatic rings. The van der Waals surface area contributed by atoms with Gasteiger partial charge in [0.25, 0.3) is 5.91 Å². The number of thiophene rings is 1. The number of aliphatic hydroxyl groups is 2. The second-order valence-corrected chi connectivity index (χ2v) is 6.28. The van der Waals surface area contributed by atoms with E-state index in [1.54, 1.807) is 11.4 Å². The highest BCUT2D eigenvalue weighted by Gasteiger charge is 2.20. The Morgan fingerprint density at radius 2 is 2.40 bits per heavy atom. The summed E-state index contributed by atoms with van der Waals surface area (Å²) in [6.45, 7) is 1.12. The van der Waals surface area contributed by atoms with Crippen molar-refractivity contribution >= 4 is 39.8 Å². The molecule has 0 saturated carbocycles. The highest BCUT2D eigenvalue weighted by molar-refractivity contribution is 14.1. The molecule has 0 radical (unpaired) electrons. The van der Waals surface area contributed by atoms with Crippen LogP contribution in [0, 0.1) is 2.88 Å². The molecular formula is C9H12INO3S. The normalized spacial score (nSPS) is 14.7. The highest BCUT2D eigenvalue weighted by atomic mass is 127. The van der Waals surface area contributed by atoms with E-state index in [1.807, 2.05) is 0 Å². The Bertz CT molecular complexity index is 351. The third kappa shape index (κ3) is 4.06. The standard InChI is InChI=1S/C9H12INO3S/c1-9(14,5-12)4-11-8(13)6-2-7(10)15-3-6/h2-3,12,14H,4-5H2,1H3,(H,11,13). The van der Waals surface area contributed by atoms with Gasteiger partial charge in [0, 0.05) is 11.9 Å². The lowest BCUT2D eigenvalue weighted by Gasteiger charge is -2.20. The van der Waals surface area contributed by atoms with Crippen LogP contribution in [-0.4, -0.2) is 34.9 Å². The summed E-state index contributed by atoms with van der Waals surface area (Å²) in [5.41, 5.74) is -0.683. The van der Waals surface area contributed by atoms with Crippen LogP contribution in [0.15, 0.2) is 11.4 Å². The largest absolute Gasteiger partial charge is 0.393 e. The maximum absolute atomic E-state index is 11.5. The van der Waals surface area contributed by atoms with Gasteiger partial charge >= 0.3 is 0 Å². The SMILES string of the molecule is CC(O)(CO)CNC(=O)c1csc(I)c1. The number of nitrogens with one attached hydrogen (secondary N) is 1. The van der Waals surface area contributed by atoms with E-state index in [-0.39, 0.29) is 19.1 Å². The quantitative estimate of drug-likeness (QED) is 0.711. The monoisotopic (exact) mass is 341 g/mol. The first-order valence-corrected chi connectivity index (χ1v) is 6.26. The maximum atomic E-state index is 11.5. The van der Waals surface area contributed by atoms with E-state index in [0.29, 0.717) is 5.56 Å². The first-order valence-electron chi connectivity index (χ1n) is 4.30. The molecule has 1 unspecified atom stereocenters. The third-order valence-corrected chi connectivity index (χ3v) is 3.59. The Morgan fingerprint density at radius 3 is 2.87 bits per heavy atom. The molecule has 6 heteroatoms. The van der Waals surface area contributed by atoms with E-state index in [0.717, 1.165) is 2.88 Å². The van der Waals surface area contributed by atoms with Gasteiger partial charge in [-0.2, -0.15) is 0 Å². The van der Waals surface area contributed by atoms with Gasteiger partial charge in [0.15, 0.2) is 0 Å². The van der Waals surface area contributed by atoms with Crippen molar-refractivity contribution in [2.75, 3.05) is 13.2 Å². The molecular weight excluding hydrogens is 329 g/mol. The van der Waals surface area contributed by atoms with Gasteiger partial charge in [-0.15, -0.1) is 11.3 Å². The van der Waals surface area contributed by atoms with Crippen LogP contribution in [0.25, 0.3) is 0 Å². The number of halogens is 1. The summed E-state index contributed by atoms with van der Waals surface area (Å²) < 4.78 is 1.03. The summed E-state index contributed by atoms with van der Waals surface area (Å²) in [6, 6.07) is 1.77. The first kappa shape index (κ1) is 12.9. The Morgan fingerprint density at radius 1 is 1.73 bits per heavy atom. The molecule has 15 heavy (non-hydrogen) atoms. The molecule has 0 aliphatic heterocycles. The van der Waals surface area contributed by atoms with Crippen LogP contribution >= 0.6 is 33.9 Å². The second-order valence-electron chi connectivity index (χ2n) is 3.48. The van der Waals surface area contributed by atoms with E-state index >= 15 is 0 Å². The van der Waals surface area contributed by atoms with Crippen LogP contribution in [-0.2, 0) is 0 Å². The topological polar surface area (TPSA) is 69.6 Å². The number of rotatable bonds is 4. The molecule has 0 saturated heterocycles. The van der Waals surface area contributed by atoms with Crippen molar-refractivity contribution in [1.82, 2.24) is 5.32 Å². The smallest absolute Gasteiger partial charge is 0.252 e. The van der Waals surface area contributed by atoms with E-state index in [1.165, 1.54) is 18.3 Å². The molecule has 0 aliphatic carbocycles. The van der Waals surface area contributed by atoms with Gasteiger partial charge in [0.2, 0.25) is 0 Å². The van der Waals surface area contributed by atoms with Crippen molar-refractivity contribution in [1.29, 1.82) is 0 Å². The van der Waals surface area contributed by atoms with E-state index < -0.39 is 5.60 Å². The lowest BCUT2D eigenvalue weighted by atomic mass is 10.1. The Hall–Kier alpha value is -0.180. The van der Waals surface area contributed by atoms with Crippen molar-refractivity contribution in [3.63, 3.8) is 0 Å². The van der Waals surface area contributed by atoms with Crippen molar-refractivity contribution in [3.8, 4) is 0 Å². The van der Waals surface area contributed by atoms with Crippen LogP contribution in [0.3, 0.4) is 0 Å². The van der Waals surface area contributed by atoms with Gasteiger partial charge in [0.05, 0.1) is 15.1 Å². The Balaban J connectivity index is 2.50. The van der Waals surface area contributed by atoms with Gasteiger partial charge in [0.1, 0.15) is 5.60 Å². The zero-order valence-electron chi connectivity index (χ0n) is 8.16. The van der Waals surface area contributed by atoms with Crippen molar-refractivity contribution in [2.24, 2.45) is 0 Å². The molecule has 0 fully saturated rings. The summed E-state index contributed by atoms with van der Waals surface area (Å²) in [4.78, 5) is 11.5. The molecule has 1 aromatic rings. The molecule has 1 aromatic heterocycles. The van der Waals surface area contributed by atoms with Crippen molar-refractivity contribution < 1.29 is 15.0 Å². The number of amides is 1. The Labute approximate surface area is 105 Å². The predicted octanol–water partition coefficient (Wildman–Crippen LogP) is 0.826. The molecule has 1 atom stereocenters. The number of carbonyl (C=O) groups is 1. The predicted molar refractivity (Wildman–Crippen MR) is 67.1 cm³/mol. The van der Waals surface area contributed by atoms with Gasteiger partial charge in [-0.1, -0.05) is 0 Å².